The number of aliphatic carboxylic acids is 1. The topological polar surface area (TPSA) is 87.0 Å². The Kier molecular flexibility index (Phi) is 11.2. The van der Waals surface area contributed by atoms with Crippen molar-refractivity contribution in [2.24, 2.45) is 5.92 Å². The lowest BCUT2D eigenvalue weighted by Crippen LogP contribution is -2.20. The molecule has 0 saturated heterocycles. The first-order valence-corrected chi connectivity index (χ1v) is 9.30. The van der Waals surface area contributed by atoms with Gasteiger partial charge in [-0.05, 0) is 56.4 Å². The van der Waals surface area contributed by atoms with Gasteiger partial charge in [0.15, 0.2) is 0 Å². The van der Waals surface area contributed by atoms with Gasteiger partial charge in [0.2, 0.25) is 0 Å². The van der Waals surface area contributed by atoms with Crippen molar-refractivity contribution in [1.82, 2.24) is 0 Å². The van der Waals surface area contributed by atoms with E-state index in [0.29, 0.717) is 31.4 Å². The van der Waals surface area contributed by atoms with E-state index in [2.05, 4.69) is 11.8 Å². The Bertz CT molecular complexity index is 603. The molecule has 0 aliphatic carbocycles. The Hall–Kier alpha value is -2.10. The average molecular weight is 380 g/mol. The van der Waals surface area contributed by atoms with E-state index in [9.17, 15) is 19.4 Å². The summed E-state index contributed by atoms with van der Waals surface area (Å²) in [6, 6.07) is 5.64. The van der Waals surface area contributed by atoms with Crippen LogP contribution in [0, 0.1) is 23.6 Å². The molecule has 6 heteroatoms. The van der Waals surface area contributed by atoms with Crippen LogP contribution in [0.25, 0.3) is 0 Å². The Morgan fingerprint density at radius 2 is 1.85 bits per heavy atom. The van der Waals surface area contributed by atoms with Crippen molar-refractivity contribution < 1.29 is 29.2 Å². The molecule has 0 radical (unpaired) electrons. The Morgan fingerprint density at radius 3 is 2.48 bits per heavy atom. The van der Waals surface area contributed by atoms with E-state index in [4.69, 9.17) is 9.84 Å². The minimum absolute atomic E-state index is 0.0159. The van der Waals surface area contributed by atoms with Crippen molar-refractivity contribution in [2.45, 2.75) is 64.1 Å². The van der Waals surface area contributed by atoms with E-state index in [1.54, 1.807) is 6.92 Å². The number of ether oxygens (including phenoxy) is 1. The predicted octanol–water partition coefficient (Wildman–Crippen LogP) is 3.38. The number of hydrogen-bond donors (Lipinski definition) is 3. The fraction of sp³-hybridized carbons (Fsp3) is 0.571. The minimum atomic E-state index is -0.819. The predicted molar refractivity (Wildman–Crippen MR) is 101 cm³/mol. The number of carboxylic acids is 1. The van der Waals surface area contributed by atoms with Crippen molar-refractivity contribution in [2.75, 3.05) is 6.61 Å². The summed E-state index contributed by atoms with van der Waals surface area (Å²) in [5.74, 6) is 5.33. The molecule has 3 N–H and O–H groups in total. The molecule has 0 heterocycles. The summed E-state index contributed by atoms with van der Waals surface area (Å²) in [5, 5.41) is 28.4. The maximum atomic E-state index is 12.8. The van der Waals surface area contributed by atoms with Crippen molar-refractivity contribution in [3.8, 4) is 17.6 Å². The van der Waals surface area contributed by atoms with Crippen molar-refractivity contribution in [3.05, 3.63) is 30.1 Å². The SMILES string of the molecule is CC(O)C(CC#CCCCC(=O)O)CCCC(O)COc1ccc(F)cc1. The summed E-state index contributed by atoms with van der Waals surface area (Å²) in [6.07, 6.45) is 2.60. The van der Waals surface area contributed by atoms with Gasteiger partial charge in [-0.15, -0.1) is 11.8 Å². The van der Waals surface area contributed by atoms with Crippen LogP contribution in [0.5, 0.6) is 5.75 Å². The van der Waals surface area contributed by atoms with Gasteiger partial charge in [-0.1, -0.05) is 6.42 Å². The fourth-order valence-electron chi connectivity index (χ4n) is 2.56. The summed E-state index contributed by atoms with van der Waals surface area (Å²) in [4.78, 5) is 10.4. The number of hydrogen-bond acceptors (Lipinski definition) is 4. The smallest absolute Gasteiger partial charge is 0.303 e. The van der Waals surface area contributed by atoms with Gasteiger partial charge < -0.3 is 20.1 Å². The van der Waals surface area contributed by atoms with Crippen molar-refractivity contribution in [1.29, 1.82) is 0 Å². The summed E-state index contributed by atoms with van der Waals surface area (Å²) < 4.78 is 18.2. The van der Waals surface area contributed by atoms with Crippen molar-refractivity contribution >= 4 is 5.97 Å². The number of rotatable bonds is 12. The van der Waals surface area contributed by atoms with Crippen LogP contribution in [0.15, 0.2) is 24.3 Å². The second-order valence-electron chi connectivity index (χ2n) is 6.66. The lowest BCUT2D eigenvalue weighted by Gasteiger charge is -2.18. The van der Waals surface area contributed by atoms with E-state index < -0.39 is 18.2 Å². The molecule has 0 aromatic heterocycles. The third-order valence-corrected chi connectivity index (χ3v) is 4.23. The average Bonchev–Trinajstić information content (AvgIpc) is 2.62. The molecule has 27 heavy (non-hydrogen) atoms. The summed E-state index contributed by atoms with van der Waals surface area (Å²) in [5.41, 5.74) is 0. The van der Waals surface area contributed by atoms with Gasteiger partial charge in [-0.25, -0.2) is 4.39 Å². The lowest BCUT2D eigenvalue weighted by atomic mass is 9.93. The zero-order valence-electron chi connectivity index (χ0n) is 15.7. The van der Waals surface area contributed by atoms with Gasteiger partial charge in [0.25, 0.3) is 0 Å². The van der Waals surface area contributed by atoms with Crippen LogP contribution >= 0.6 is 0 Å². The lowest BCUT2D eigenvalue weighted by molar-refractivity contribution is -0.137. The molecule has 3 unspecified atom stereocenters. The number of aliphatic hydroxyl groups excluding tert-OH is 2. The minimum Gasteiger partial charge on any atom is -0.491 e. The van der Waals surface area contributed by atoms with E-state index in [-0.39, 0.29) is 24.8 Å². The highest BCUT2D eigenvalue weighted by Crippen LogP contribution is 2.18. The molecule has 1 aromatic rings. The Morgan fingerprint density at radius 1 is 1.15 bits per heavy atom. The number of unbranched alkanes of at least 4 members (excludes halogenated alkanes) is 1. The van der Waals surface area contributed by atoms with E-state index >= 15 is 0 Å². The van der Waals surface area contributed by atoms with Gasteiger partial charge in [0.1, 0.15) is 18.2 Å². The van der Waals surface area contributed by atoms with Crippen LogP contribution in [0.1, 0.15) is 51.9 Å². The third-order valence-electron chi connectivity index (χ3n) is 4.23. The van der Waals surface area contributed by atoms with Crippen LogP contribution in [-0.4, -0.2) is 40.1 Å². The van der Waals surface area contributed by atoms with Gasteiger partial charge in [-0.3, -0.25) is 4.79 Å². The Labute approximate surface area is 160 Å². The molecule has 1 aromatic carbocycles. The number of benzene rings is 1. The third kappa shape index (κ3) is 11.3. The monoisotopic (exact) mass is 380 g/mol. The number of aliphatic hydroxyl groups is 2. The van der Waals surface area contributed by atoms with Crippen LogP contribution < -0.4 is 4.74 Å². The van der Waals surface area contributed by atoms with Gasteiger partial charge >= 0.3 is 5.97 Å². The number of carboxylic acid groups (broad SMARTS) is 1. The van der Waals surface area contributed by atoms with Gasteiger partial charge in [-0.2, -0.15) is 0 Å². The zero-order valence-corrected chi connectivity index (χ0v) is 15.7. The molecule has 0 bridgehead atoms. The maximum absolute atomic E-state index is 12.8. The molecule has 0 aliphatic heterocycles. The highest BCUT2D eigenvalue weighted by molar-refractivity contribution is 5.66. The molecule has 0 fully saturated rings. The first kappa shape index (κ1) is 22.9. The Balaban J connectivity index is 2.24. The first-order valence-electron chi connectivity index (χ1n) is 9.30. The van der Waals surface area contributed by atoms with Gasteiger partial charge in [0.05, 0.1) is 12.2 Å². The maximum Gasteiger partial charge on any atom is 0.303 e. The normalized spacial score (nSPS) is 13.9. The zero-order chi connectivity index (χ0) is 20.1. The van der Waals surface area contributed by atoms with Crippen molar-refractivity contribution in [3.63, 3.8) is 0 Å². The van der Waals surface area contributed by atoms with Gasteiger partial charge in [0, 0.05) is 19.3 Å². The molecule has 1 rings (SSSR count). The van der Waals surface area contributed by atoms with Crippen LogP contribution in [-0.2, 0) is 4.79 Å². The van der Waals surface area contributed by atoms with E-state index in [1.807, 2.05) is 0 Å². The number of halogens is 1. The fourth-order valence-corrected chi connectivity index (χ4v) is 2.56. The van der Waals surface area contributed by atoms with Crippen LogP contribution in [0.2, 0.25) is 0 Å². The second kappa shape index (κ2) is 13.1. The largest absolute Gasteiger partial charge is 0.491 e. The molecule has 0 spiro atoms. The standard InChI is InChI=1S/C21H29FO5/c1-16(23)17(7-4-2-3-5-10-21(25)26)8-6-9-19(24)15-27-20-13-11-18(22)12-14-20/h11-14,16-17,19,23-24H,3,5-10,15H2,1H3,(H,25,26). The molecule has 3 atom stereocenters. The molecule has 0 amide bonds. The molecule has 150 valence electrons. The molecule has 0 aliphatic rings. The van der Waals surface area contributed by atoms with Crippen LogP contribution in [0.3, 0.4) is 0 Å². The highest BCUT2D eigenvalue weighted by atomic mass is 19.1. The molecular formula is C21H29FO5. The number of carbonyl (C=O) groups is 1. The van der Waals surface area contributed by atoms with E-state index in [1.165, 1.54) is 24.3 Å². The summed E-state index contributed by atoms with van der Waals surface area (Å²) >= 11 is 0. The molecule has 5 nitrogen and oxygen atoms in total. The quantitative estimate of drug-likeness (QED) is 0.382. The summed E-state index contributed by atoms with van der Waals surface area (Å²) in [7, 11) is 0. The summed E-state index contributed by atoms with van der Waals surface area (Å²) in [6.45, 7) is 1.86. The van der Waals surface area contributed by atoms with E-state index in [0.717, 1.165) is 12.8 Å². The molecular weight excluding hydrogens is 351 g/mol. The van der Waals surface area contributed by atoms with Crippen LogP contribution in [0.4, 0.5) is 4.39 Å². The highest BCUT2D eigenvalue weighted by Gasteiger charge is 2.15. The second-order valence-corrected chi connectivity index (χ2v) is 6.66. The first-order chi connectivity index (χ1) is 12.9. The molecule has 0 saturated carbocycles.